The lowest BCUT2D eigenvalue weighted by atomic mass is 9.85. The molecule has 2 amide bonds. The Labute approximate surface area is 145 Å². The molecule has 7 heteroatoms. The standard InChI is InChI=1S/C17H32N4O3/c1-4-20(12-16(22)23)15-9-14(10-15)18-17(24)21-7-5-13(6-8-21)11-19(2)3/h13-15H,4-12H2,1-3H3,(H,18,24)(H,22,23). The average Bonchev–Trinajstić information content (AvgIpc) is 2.48. The Morgan fingerprint density at radius 3 is 2.33 bits per heavy atom. The highest BCUT2D eigenvalue weighted by molar-refractivity contribution is 5.74. The highest BCUT2D eigenvalue weighted by Gasteiger charge is 2.35. The van der Waals surface area contributed by atoms with Crippen molar-refractivity contribution in [2.24, 2.45) is 5.92 Å². The number of likely N-dealkylation sites (N-methyl/N-ethyl adjacent to an activating group) is 1. The van der Waals surface area contributed by atoms with Crippen LogP contribution in [0, 0.1) is 5.92 Å². The molecule has 0 spiro atoms. The molecule has 2 fully saturated rings. The summed E-state index contributed by atoms with van der Waals surface area (Å²) in [5.41, 5.74) is 0. The van der Waals surface area contributed by atoms with Gasteiger partial charge in [0.1, 0.15) is 0 Å². The van der Waals surface area contributed by atoms with Gasteiger partial charge >= 0.3 is 12.0 Å². The van der Waals surface area contributed by atoms with E-state index in [0.717, 1.165) is 51.9 Å². The first kappa shape index (κ1) is 19.0. The lowest BCUT2D eigenvalue weighted by Gasteiger charge is -2.43. The molecule has 1 saturated carbocycles. The molecule has 2 N–H and O–H groups in total. The number of rotatable bonds is 7. The maximum Gasteiger partial charge on any atom is 0.317 e. The third kappa shape index (κ3) is 5.34. The summed E-state index contributed by atoms with van der Waals surface area (Å²) >= 11 is 0. The van der Waals surface area contributed by atoms with E-state index in [9.17, 15) is 9.59 Å². The maximum atomic E-state index is 12.4. The van der Waals surface area contributed by atoms with Crippen LogP contribution in [0.2, 0.25) is 0 Å². The number of hydrogen-bond acceptors (Lipinski definition) is 4. The smallest absolute Gasteiger partial charge is 0.317 e. The van der Waals surface area contributed by atoms with Crippen molar-refractivity contribution in [2.45, 2.75) is 44.7 Å². The molecule has 1 heterocycles. The number of nitrogens with one attached hydrogen (secondary N) is 1. The van der Waals surface area contributed by atoms with E-state index >= 15 is 0 Å². The second kappa shape index (κ2) is 8.67. The van der Waals surface area contributed by atoms with Gasteiger partial charge in [0.15, 0.2) is 0 Å². The summed E-state index contributed by atoms with van der Waals surface area (Å²) in [5, 5.41) is 12.0. The quantitative estimate of drug-likeness (QED) is 0.720. The number of amides is 2. The Balaban J connectivity index is 1.67. The SMILES string of the molecule is CCN(CC(=O)O)C1CC(NC(=O)N2CCC(CN(C)C)CC2)C1. The summed E-state index contributed by atoms with van der Waals surface area (Å²) in [6, 6.07) is 0.509. The lowest BCUT2D eigenvalue weighted by Crippen LogP contribution is -2.57. The van der Waals surface area contributed by atoms with Crippen LogP contribution in [0.3, 0.4) is 0 Å². The van der Waals surface area contributed by atoms with Gasteiger partial charge in [0, 0.05) is 31.7 Å². The molecular formula is C17H32N4O3. The van der Waals surface area contributed by atoms with Crippen molar-refractivity contribution in [1.29, 1.82) is 0 Å². The fraction of sp³-hybridized carbons (Fsp3) is 0.882. The normalized spacial score (nSPS) is 25.0. The largest absolute Gasteiger partial charge is 0.480 e. The van der Waals surface area contributed by atoms with E-state index in [0.29, 0.717) is 5.92 Å². The monoisotopic (exact) mass is 340 g/mol. The van der Waals surface area contributed by atoms with Gasteiger partial charge in [-0.3, -0.25) is 9.69 Å². The van der Waals surface area contributed by atoms with Crippen LogP contribution in [0.1, 0.15) is 32.6 Å². The van der Waals surface area contributed by atoms with Gasteiger partial charge in [-0.1, -0.05) is 6.92 Å². The summed E-state index contributed by atoms with van der Waals surface area (Å²) in [7, 11) is 4.19. The number of carboxylic acids is 1. The molecule has 1 aliphatic heterocycles. The summed E-state index contributed by atoms with van der Waals surface area (Å²) in [4.78, 5) is 29.3. The highest BCUT2D eigenvalue weighted by Crippen LogP contribution is 2.26. The zero-order chi connectivity index (χ0) is 17.7. The molecule has 0 atom stereocenters. The number of likely N-dealkylation sites (tertiary alicyclic amines) is 1. The number of carbonyl (C=O) groups is 2. The molecule has 24 heavy (non-hydrogen) atoms. The molecule has 138 valence electrons. The molecule has 0 aromatic heterocycles. The number of aliphatic carboxylic acids is 1. The van der Waals surface area contributed by atoms with E-state index in [1.165, 1.54) is 0 Å². The van der Waals surface area contributed by atoms with E-state index < -0.39 is 5.97 Å². The van der Waals surface area contributed by atoms with Crippen LogP contribution in [0.15, 0.2) is 0 Å². The highest BCUT2D eigenvalue weighted by atomic mass is 16.4. The van der Waals surface area contributed by atoms with Crippen molar-refractivity contribution >= 4 is 12.0 Å². The van der Waals surface area contributed by atoms with Gasteiger partial charge in [-0.15, -0.1) is 0 Å². The molecular weight excluding hydrogens is 308 g/mol. The molecule has 2 rings (SSSR count). The molecule has 1 aliphatic carbocycles. The Bertz CT molecular complexity index is 430. The van der Waals surface area contributed by atoms with Crippen molar-refractivity contribution in [3.63, 3.8) is 0 Å². The van der Waals surface area contributed by atoms with Crippen LogP contribution in [-0.4, -0.2) is 90.7 Å². The van der Waals surface area contributed by atoms with Gasteiger partial charge < -0.3 is 20.2 Å². The van der Waals surface area contributed by atoms with E-state index in [2.05, 4.69) is 24.3 Å². The van der Waals surface area contributed by atoms with Crippen LogP contribution < -0.4 is 5.32 Å². The Morgan fingerprint density at radius 1 is 1.21 bits per heavy atom. The number of carbonyl (C=O) groups excluding carboxylic acids is 1. The summed E-state index contributed by atoms with van der Waals surface area (Å²) in [6.07, 6.45) is 3.84. The number of nitrogens with zero attached hydrogens (tertiary/aromatic N) is 3. The van der Waals surface area contributed by atoms with Crippen LogP contribution in [0.5, 0.6) is 0 Å². The first-order chi connectivity index (χ1) is 11.4. The van der Waals surface area contributed by atoms with Crippen molar-refractivity contribution in [3.05, 3.63) is 0 Å². The van der Waals surface area contributed by atoms with E-state index in [4.69, 9.17) is 5.11 Å². The van der Waals surface area contributed by atoms with Gasteiger partial charge in [-0.25, -0.2) is 4.79 Å². The van der Waals surface area contributed by atoms with Crippen molar-refractivity contribution < 1.29 is 14.7 Å². The first-order valence-corrected chi connectivity index (χ1v) is 9.05. The lowest BCUT2D eigenvalue weighted by molar-refractivity contribution is -0.139. The second-order valence-electron chi connectivity index (χ2n) is 7.42. The molecule has 0 unspecified atom stereocenters. The third-order valence-corrected chi connectivity index (χ3v) is 5.23. The maximum absolute atomic E-state index is 12.4. The number of hydrogen-bond donors (Lipinski definition) is 2. The van der Waals surface area contributed by atoms with E-state index in [1.54, 1.807) is 0 Å². The summed E-state index contributed by atoms with van der Waals surface area (Å²) in [6.45, 7) is 5.56. The summed E-state index contributed by atoms with van der Waals surface area (Å²) < 4.78 is 0. The zero-order valence-electron chi connectivity index (χ0n) is 15.2. The molecule has 7 nitrogen and oxygen atoms in total. The fourth-order valence-electron chi connectivity index (χ4n) is 3.78. The molecule has 1 saturated heterocycles. The Kier molecular flexibility index (Phi) is 6.86. The van der Waals surface area contributed by atoms with Gasteiger partial charge in [0.25, 0.3) is 0 Å². The number of carboxylic acid groups (broad SMARTS) is 1. The number of urea groups is 1. The van der Waals surface area contributed by atoms with Gasteiger partial charge in [0.2, 0.25) is 0 Å². The van der Waals surface area contributed by atoms with Gasteiger partial charge in [0.05, 0.1) is 6.54 Å². The van der Waals surface area contributed by atoms with Crippen LogP contribution in [0.4, 0.5) is 4.79 Å². The molecule has 0 aromatic carbocycles. The predicted molar refractivity (Wildman–Crippen MR) is 93.1 cm³/mol. The van der Waals surface area contributed by atoms with Gasteiger partial charge in [-0.2, -0.15) is 0 Å². The molecule has 0 radical (unpaired) electrons. The van der Waals surface area contributed by atoms with Crippen LogP contribution in [-0.2, 0) is 4.79 Å². The predicted octanol–water partition coefficient (Wildman–Crippen LogP) is 0.907. The Hall–Kier alpha value is -1.34. The minimum absolute atomic E-state index is 0.0445. The van der Waals surface area contributed by atoms with Crippen molar-refractivity contribution in [2.75, 3.05) is 46.8 Å². The van der Waals surface area contributed by atoms with E-state index in [-0.39, 0.29) is 24.7 Å². The first-order valence-electron chi connectivity index (χ1n) is 9.05. The van der Waals surface area contributed by atoms with Crippen molar-refractivity contribution in [1.82, 2.24) is 20.0 Å². The average molecular weight is 340 g/mol. The number of piperidine rings is 1. The minimum Gasteiger partial charge on any atom is -0.480 e. The van der Waals surface area contributed by atoms with Gasteiger partial charge in [-0.05, 0) is 52.2 Å². The Morgan fingerprint density at radius 2 is 1.83 bits per heavy atom. The zero-order valence-corrected chi connectivity index (χ0v) is 15.2. The molecule has 2 aliphatic rings. The molecule has 0 bridgehead atoms. The van der Waals surface area contributed by atoms with Crippen LogP contribution >= 0.6 is 0 Å². The van der Waals surface area contributed by atoms with E-state index in [1.807, 2.05) is 16.7 Å². The second-order valence-corrected chi connectivity index (χ2v) is 7.42. The van der Waals surface area contributed by atoms with Crippen LogP contribution in [0.25, 0.3) is 0 Å². The summed E-state index contributed by atoms with van der Waals surface area (Å²) in [5.74, 6) is -0.101. The third-order valence-electron chi connectivity index (χ3n) is 5.23. The minimum atomic E-state index is -0.787. The molecule has 0 aromatic rings. The fourth-order valence-corrected chi connectivity index (χ4v) is 3.78. The topological polar surface area (TPSA) is 76.1 Å². The van der Waals surface area contributed by atoms with Crippen molar-refractivity contribution in [3.8, 4) is 0 Å².